The van der Waals surface area contributed by atoms with Crippen LogP contribution >= 0.6 is 23.1 Å². The highest BCUT2D eigenvalue weighted by molar-refractivity contribution is 8.00. The SMILES string of the molecule is COc1ccc2sc(SC)[n+](CCCS(=O)(=O)O)c2c1. The highest BCUT2D eigenvalue weighted by Gasteiger charge is 2.21. The lowest BCUT2D eigenvalue weighted by atomic mass is 10.3. The zero-order valence-corrected chi connectivity index (χ0v) is 13.6. The summed E-state index contributed by atoms with van der Waals surface area (Å²) in [4.78, 5) is 0. The Labute approximate surface area is 126 Å². The van der Waals surface area contributed by atoms with E-state index in [9.17, 15) is 8.42 Å². The summed E-state index contributed by atoms with van der Waals surface area (Å²) in [5.74, 6) is 0.543. The average molecular weight is 334 g/mol. The van der Waals surface area contributed by atoms with Crippen molar-refractivity contribution in [2.45, 2.75) is 17.3 Å². The molecule has 2 aromatic rings. The number of thioether (sulfide) groups is 1. The van der Waals surface area contributed by atoms with E-state index in [1.54, 1.807) is 30.2 Å². The van der Waals surface area contributed by atoms with Crippen molar-refractivity contribution in [3.63, 3.8) is 0 Å². The van der Waals surface area contributed by atoms with Gasteiger partial charge in [-0.1, -0.05) is 11.3 Å². The molecule has 1 N–H and O–H groups in total. The Balaban J connectivity index is 2.33. The number of rotatable bonds is 6. The second kappa shape index (κ2) is 6.30. The molecule has 20 heavy (non-hydrogen) atoms. The molecule has 0 atom stereocenters. The highest BCUT2D eigenvalue weighted by atomic mass is 32.2. The van der Waals surface area contributed by atoms with Crippen LogP contribution < -0.4 is 9.30 Å². The molecule has 0 amide bonds. The molecule has 0 spiro atoms. The Bertz CT molecular complexity index is 709. The maximum absolute atomic E-state index is 10.8. The van der Waals surface area contributed by atoms with Crippen LogP contribution in [-0.4, -0.2) is 32.1 Å². The van der Waals surface area contributed by atoms with Crippen molar-refractivity contribution in [1.29, 1.82) is 0 Å². The predicted octanol–water partition coefficient (Wildman–Crippen LogP) is 2.20. The first-order valence-electron chi connectivity index (χ1n) is 5.94. The van der Waals surface area contributed by atoms with Crippen LogP contribution in [0.4, 0.5) is 0 Å². The van der Waals surface area contributed by atoms with Gasteiger partial charge in [-0.3, -0.25) is 4.55 Å². The third-order valence-electron chi connectivity index (χ3n) is 2.83. The van der Waals surface area contributed by atoms with E-state index in [2.05, 4.69) is 4.57 Å². The summed E-state index contributed by atoms with van der Waals surface area (Å²) in [5.41, 5.74) is 1.02. The number of fused-ring (bicyclic) bond motifs is 1. The summed E-state index contributed by atoms with van der Waals surface area (Å²) in [6.45, 7) is 0.545. The van der Waals surface area contributed by atoms with E-state index in [0.29, 0.717) is 13.0 Å². The zero-order valence-electron chi connectivity index (χ0n) is 11.2. The molecule has 0 aliphatic rings. The number of ether oxygens (including phenoxy) is 1. The zero-order chi connectivity index (χ0) is 14.8. The van der Waals surface area contributed by atoms with Gasteiger partial charge in [0.25, 0.3) is 14.5 Å². The van der Waals surface area contributed by atoms with E-state index >= 15 is 0 Å². The molecule has 2 rings (SSSR count). The van der Waals surface area contributed by atoms with Crippen LogP contribution in [0.3, 0.4) is 0 Å². The van der Waals surface area contributed by atoms with Gasteiger partial charge in [-0.2, -0.15) is 13.0 Å². The van der Waals surface area contributed by atoms with Crippen LogP contribution in [0.15, 0.2) is 22.5 Å². The van der Waals surface area contributed by atoms with Gasteiger partial charge in [0.05, 0.1) is 18.9 Å². The van der Waals surface area contributed by atoms with Crippen LogP contribution in [0, 0.1) is 0 Å². The molecule has 5 nitrogen and oxygen atoms in total. The molecule has 0 fully saturated rings. The molecular formula is C12H16NO4S3+. The Kier molecular flexibility index (Phi) is 4.90. The van der Waals surface area contributed by atoms with Crippen LogP contribution in [0.5, 0.6) is 5.75 Å². The Morgan fingerprint density at radius 3 is 2.80 bits per heavy atom. The van der Waals surface area contributed by atoms with E-state index in [1.807, 2.05) is 24.5 Å². The normalized spacial score (nSPS) is 11.9. The van der Waals surface area contributed by atoms with E-state index in [1.165, 1.54) is 0 Å². The van der Waals surface area contributed by atoms with Crippen LogP contribution in [0.1, 0.15) is 6.42 Å². The monoisotopic (exact) mass is 334 g/mol. The number of benzene rings is 1. The first-order chi connectivity index (χ1) is 9.44. The molecular weight excluding hydrogens is 318 g/mol. The lowest BCUT2D eigenvalue weighted by molar-refractivity contribution is -0.701. The maximum Gasteiger partial charge on any atom is 0.298 e. The minimum absolute atomic E-state index is 0.227. The van der Waals surface area contributed by atoms with E-state index in [4.69, 9.17) is 9.29 Å². The molecule has 0 saturated carbocycles. The Morgan fingerprint density at radius 2 is 2.20 bits per heavy atom. The average Bonchev–Trinajstić information content (AvgIpc) is 2.74. The van der Waals surface area contributed by atoms with Crippen molar-refractivity contribution in [3.05, 3.63) is 18.2 Å². The van der Waals surface area contributed by atoms with Gasteiger partial charge >= 0.3 is 0 Å². The molecule has 1 heterocycles. The van der Waals surface area contributed by atoms with E-state index in [0.717, 1.165) is 20.3 Å². The molecule has 110 valence electrons. The standard InChI is InChI=1S/C12H15NO4S3/c1-17-9-4-5-11-10(8-9)13(12(18-2)19-11)6-3-7-20(14,15)16/h4-5,8H,3,6-7H2,1-2H3/p+1. The van der Waals surface area contributed by atoms with Crippen molar-refractivity contribution >= 4 is 43.4 Å². The summed E-state index contributed by atoms with van der Waals surface area (Å²) in [6, 6.07) is 5.85. The fourth-order valence-electron chi connectivity index (χ4n) is 1.94. The fourth-order valence-corrected chi connectivity index (χ4v) is 4.34. The predicted molar refractivity (Wildman–Crippen MR) is 81.4 cm³/mol. The number of thiazole rings is 1. The van der Waals surface area contributed by atoms with Gasteiger partial charge in [-0.25, -0.2) is 0 Å². The second-order valence-corrected chi connectivity index (χ2v) is 7.85. The number of methoxy groups -OCH3 is 1. The van der Waals surface area contributed by atoms with Crippen molar-refractivity contribution in [2.24, 2.45) is 0 Å². The van der Waals surface area contributed by atoms with Gasteiger partial charge in [-0.15, -0.1) is 0 Å². The van der Waals surface area contributed by atoms with E-state index < -0.39 is 10.1 Å². The molecule has 0 unspecified atom stereocenters. The van der Waals surface area contributed by atoms with Crippen molar-refractivity contribution < 1.29 is 22.3 Å². The molecule has 1 aromatic carbocycles. The highest BCUT2D eigenvalue weighted by Crippen LogP contribution is 2.29. The number of hydrogen-bond donors (Lipinski definition) is 1. The number of aromatic nitrogens is 1. The first kappa shape index (κ1) is 15.6. The quantitative estimate of drug-likeness (QED) is 0.498. The summed E-state index contributed by atoms with van der Waals surface area (Å²) >= 11 is 3.28. The summed E-state index contributed by atoms with van der Waals surface area (Å²) in [5, 5.41) is 0. The van der Waals surface area contributed by atoms with Crippen LogP contribution in [0.2, 0.25) is 0 Å². The van der Waals surface area contributed by atoms with Crippen LogP contribution in [-0.2, 0) is 16.7 Å². The second-order valence-electron chi connectivity index (χ2n) is 4.20. The van der Waals surface area contributed by atoms with Gasteiger partial charge in [0.15, 0.2) is 6.54 Å². The van der Waals surface area contributed by atoms with Crippen molar-refractivity contribution in [3.8, 4) is 5.75 Å². The fraction of sp³-hybridized carbons (Fsp3) is 0.417. The third kappa shape index (κ3) is 3.63. The minimum Gasteiger partial charge on any atom is -0.497 e. The lowest BCUT2D eigenvalue weighted by Gasteiger charge is -1.99. The maximum atomic E-state index is 10.8. The van der Waals surface area contributed by atoms with Gasteiger partial charge in [-0.05, 0) is 30.2 Å². The molecule has 0 aliphatic heterocycles. The Morgan fingerprint density at radius 1 is 1.45 bits per heavy atom. The van der Waals surface area contributed by atoms with Crippen molar-refractivity contribution in [2.75, 3.05) is 19.1 Å². The van der Waals surface area contributed by atoms with E-state index in [-0.39, 0.29) is 5.75 Å². The van der Waals surface area contributed by atoms with Crippen LogP contribution in [0.25, 0.3) is 10.2 Å². The number of nitrogens with zero attached hydrogens (tertiary/aromatic N) is 1. The summed E-state index contributed by atoms with van der Waals surface area (Å²) in [7, 11) is -2.29. The van der Waals surface area contributed by atoms with Gasteiger partial charge in [0.1, 0.15) is 10.4 Å². The molecule has 0 bridgehead atoms. The van der Waals surface area contributed by atoms with Gasteiger partial charge < -0.3 is 4.74 Å². The summed E-state index contributed by atoms with van der Waals surface area (Å²) in [6.07, 6.45) is 2.36. The molecule has 0 radical (unpaired) electrons. The molecule has 1 aromatic heterocycles. The molecule has 8 heteroatoms. The summed E-state index contributed by atoms with van der Waals surface area (Å²) < 4.78 is 39.9. The third-order valence-corrected chi connectivity index (χ3v) is 5.92. The number of hydrogen-bond acceptors (Lipinski definition) is 5. The smallest absolute Gasteiger partial charge is 0.298 e. The largest absolute Gasteiger partial charge is 0.497 e. The lowest BCUT2D eigenvalue weighted by Crippen LogP contribution is -2.35. The molecule has 0 saturated heterocycles. The number of aryl methyl sites for hydroxylation is 1. The first-order valence-corrected chi connectivity index (χ1v) is 9.59. The van der Waals surface area contributed by atoms with Crippen molar-refractivity contribution in [1.82, 2.24) is 0 Å². The Hall–Kier alpha value is -0.830. The topological polar surface area (TPSA) is 67.5 Å². The minimum atomic E-state index is -3.90. The molecule has 0 aliphatic carbocycles. The van der Waals surface area contributed by atoms with Gasteiger partial charge in [0, 0.05) is 6.42 Å². The van der Waals surface area contributed by atoms with Gasteiger partial charge in [0.2, 0.25) is 5.52 Å².